The van der Waals surface area contributed by atoms with E-state index in [0.717, 1.165) is 0 Å². The number of esters is 1. The van der Waals surface area contributed by atoms with Gasteiger partial charge in [-0.3, -0.25) is 10.1 Å². The van der Waals surface area contributed by atoms with Crippen molar-refractivity contribution in [3.63, 3.8) is 0 Å². The number of hydrogen-bond acceptors (Lipinski definition) is 6. The molecule has 0 saturated carbocycles. The van der Waals surface area contributed by atoms with E-state index in [0.29, 0.717) is 17.9 Å². The maximum Gasteiger partial charge on any atom is 0.349 e. The number of rotatable bonds is 6. The monoisotopic (exact) mass is 345 g/mol. The van der Waals surface area contributed by atoms with Gasteiger partial charge in [-0.1, -0.05) is 12.1 Å². The highest BCUT2D eigenvalue weighted by atomic mass is 16.5. The van der Waals surface area contributed by atoms with Gasteiger partial charge in [0.15, 0.2) is 6.10 Å². The second-order valence-electron chi connectivity index (χ2n) is 4.79. The third kappa shape index (κ3) is 6.35. The zero-order chi connectivity index (χ0) is 18.8. The van der Waals surface area contributed by atoms with Gasteiger partial charge >= 0.3 is 12.0 Å². The summed E-state index contributed by atoms with van der Waals surface area (Å²) < 4.78 is 10.2. The first kappa shape index (κ1) is 19.7. The van der Waals surface area contributed by atoms with Crippen LogP contribution in [0.25, 0.3) is 6.08 Å². The summed E-state index contributed by atoms with van der Waals surface area (Å²) >= 11 is 0. The molecule has 132 valence electrons. The van der Waals surface area contributed by atoms with Crippen LogP contribution in [0.3, 0.4) is 0 Å². The Balaban J connectivity index is 2.78. The minimum Gasteiger partial charge on any atom is -0.494 e. The maximum absolute atomic E-state index is 12.0. The highest BCUT2D eigenvalue weighted by Gasteiger charge is 2.21. The van der Waals surface area contributed by atoms with E-state index < -0.39 is 24.0 Å². The van der Waals surface area contributed by atoms with Crippen LogP contribution in [0.2, 0.25) is 0 Å². The Morgan fingerprint density at radius 3 is 2.44 bits per heavy atom. The molecule has 8 nitrogen and oxygen atoms in total. The van der Waals surface area contributed by atoms with Crippen molar-refractivity contribution in [2.75, 3.05) is 13.7 Å². The fourth-order valence-electron chi connectivity index (χ4n) is 1.68. The lowest BCUT2D eigenvalue weighted by Gasteiger charge is -2.12. The Labute approximate surface area is 145 Å². The summed E-state index contributed by atoms with van der Waals surface area (Å²) in [4.78, 5) is 34.7. The molecule has 0 heterocycles. The Morgan fingerprint density at radius 1 is 1.28 bits per heavy atom. The average Bonchev–Trinajstić information content (AvgIpc) is 2.60. The first-order valence-corrected chi connectivity index (χ1v) is 7.49. The smallest absolute Gasteiger partial charge is 0.349 e. The molecule has 3 amide bonds. The number of nitrogens with one attached hydrogen (secondary N) is 2. The van der Waals surface area contributed by atoms with E-state index in [1.807, 2.05) is 12.2 Å². The summed E-state index contributed by atoms with van der Waals surface area (Å²) in [5.74, 6) is -1.10. The first-order chi connectivity index (χ1) is 11.9. The zero-order valence-electron chi connectivity index (χ0n) is 14.2. The summed E-state index contributed by atoms with van der Waals surface area (Å²) in [5, 5.41) is 13.3. The van der Waals surface area contributed by atoms with Gasteiger partial charge in [0, 0.05) is 7.05 Å². The van der Waals surface area contributed by atoms with E-state index in [9.17, 15) is 14.4 Å². The Hall–Kier alpha value is -3.34. The second kappa shape index (κ2) is 9.72. The molecule has 0 spiro atoms. The van der Waals surface area contributed by atoms with Gasteiger partial charge in [-0.15, -0.1) is 0 Å². The van der Waals surface area contributed by atoms with Crippen LogP contribution in [0.4, 0.5) is 4.79 Å². The summed E-state index contributed by atoms with van der Waals surface area (Å²) in [5.41, 5.74) is 0.322. The summed E-state index contributed by atoms with van der Waals surface area (Å²) in [6.07, 6.45) is 0.100. The predicted molar refractivity (Wildman–Crippen MR) is 89.4 cm³/mol. The molecule has 1 aromatic carbocycles. The van der Waals surface area contributed by atoms with Crippen molar-refractivity contribution in [1.29, 1.82) is 5.26 Å². The molecule has 1 aromatic rings. The lowest BCUT2D eigenvalue weighted by molar-refractivity contribution is -0.150. The van der Waals surface area contributed by atoms with Gasteiger partial charge in [-0.2, -0.15) is 5.26 Å². The van der Waals surface area contributed by atoms with Crippen molar-refractivity contribution >= 4 is 24.0 Å². The molecule has 0 aliphatic rings. The van der Waals surface area contributed by atoms with Crippen LogP contribution in [0, 0.1) is 11.3 Å². The molecule has 0 aliphatic heterocycles. The van der Waals surface area contributed by atoms with Gasteiger partial charge in [0.25, 0.3) is 5.91 Å². The molecule has 25 heavy (non-hydrogen) atoms. The molecule has 1 rings (SSSR count). The van der Waals surface area contributed by atoms with Gasteiger partial charge in [0.05, 0.1) is 6.61 Å². The summed E-state index contributed by atoms with van der Waals surface area (Å²) in [6.45, 7) is 3.68. The fourth-order valence-corrected chi connectivity index (χ4v) is 1.68. The van der Waals surface area contributed by atoms with E-state index in [1.54, 1.807) is 30.3 Å². The van der Waals surface area contributed by atoms with Crippen LogP contribution in [0.5, 0.6) is 5.75 Å². The maximum atomic E-state index is 12.0. The van der Waals surface area contributed by atoms with Crippen molar-refractivity contribution < 1.29 is 23.9 Å². The Kier molecular flexibility index (Phi) is 7.66. The Morgan fingerprint density at radius 2 is 1.92 bits per heavy atom. The molecular weight excluding hydrogens is 326 g/mol. The molecule has 0 bridgehead atoms. The van der Waals surface area contributed by atoms with Crippen molar-refractivity contribution in [2.45, 2.75) is 20.0 Å². The van der Waals surface area contributed by atoms with E-state index in [-0.39, 0.29) is 5.57 Å². The lowest BCUT2D eigenvalue weighted by Crippen LogP contribution is -2.43. The number of carbonyl (C=O) groups is 3. The standard InChI is InChI=1S/C17H19N3O5/c1-4-24-14-7-5-12(6-8-14)9-13(10-18)16(22)25-11(2)15(21)20-17(23)19-3/h5-9,11H,4H2,1-3H3,(H2,19,20,21,23)/b13-9+/t11-/m0/s1. The van der Waals surface area contributed by atoms with Gasteiger partial charge in [-0.05, 0) is 37.6 Å². The third-order valence-corrected chi connectivity index (χ3v) is 2.96. The highest BCUT2D eigenvalue weighted by Crippen LogP contribution is 2.15. The van der Waals surface area contributed by atoms with Crippen molar-refractivity contribution in [3.8, 4) is 11.8 Å². The van der Waals surface area contributed by atoms with E-state index in [1.165, 1.54) is 20.0 Å². The molecule has 1 atom stereocenters. The number of nitriles is 1. The van der Waals surface area contributed by atoms with Crippen LogP contribution in [-0.4, -0.2) is 37.7 Å². The Bertz CT molecular complexity index is 704. The number of benzene rings is 1. The molecule has 0 unspecified atom stereocenters. The summed E-state index contributed by atoms with van der Waals surface area (Å²) in [7, 11) is 1.34. The molecule has 0 radical (unpaired) electrons. The van der Waals surface area contributed by atoms with E-state index >= 15 is 0 Å². The van der Waals surface area contributed by atoms with Crippen molar-refractivity contribution in [3.05, 3.63) is 35.4 Å². The molecule has 8 heteroatoms. The van der Waals surface area contributed by atoms with Crippen LogP contribution in [0.1, 0.15) is 19.4 Å². The topological polar surface area (TPSA) is 118 Å². The molecule has 0 aromatic heterocycles. The van der Waals surface area contributed by atoms with Crippen LogP contribution < -0.4 is 15.4 Å². The second-order valence-corrected chi connectivity index (χ2v) is 4.79. The van der Waals surface area contributed by atoms with Gasteiger partial charge in [0.1, 0.15) is 17.4 Å². The normalized spacial score (nSPS) is 11.7. The van der Waals surface area contributed by atoms with E-state index in [2.05, 4.69) is 5.32 Å². The van der Waals surface area contributed by atoms with Crippen LogP contribution in [0.15, 0.2) is 29.8 Å². The fraction of sp³-hybridized carbons (Fsp3) is 0.294. The zero-order valence-corrected chi connectivity index (χ0v) is 14.2. The van der Waals surface area contributed by atoms with Crippen molar-refractivity contribution in [2.24, 2.45) is 0 Å². The number of imide groups is 1. The summed E-state index contributed by atoms with van der Waals surface area (Å²) in [6, 6.07) is 7.77. The number of carbonyl (C=O) groups excluding carboxylic acids is 3. The van der Waals surface area contributed by atoms with Crippen molar-refractivity contribution in [1.82, 2.24) is 10.6 Å². The molecule has 2 N–H and O–H groups in total. The molecule has 0 aliphatic carbocycles. The number of hydrogen-bond donors (Lipinski definition) is 2. The number of urea groups is 1. The van der Waals surface area contributed by atoms with Gasteiger partial charge < -0.3 is 14.8 Å². The molecule has 0 saturated heterocycles. The van der Waals surface area contributed by atoms with Gasteiger partial charge in [-0.25, -0.2) is 9.59 Å². The molecule has 0 fully saturated rings. The average molecular weight is 345 g/mol. The highest BCUT2D eigenvalue weighted by molar-refractivity contribution is 6.01. The number of amides is 3. The lowest BCUT2D eigenvalue weighted by atomic mass is 10.1. The van der Waals surface area contributed by atoms with Gasteiger partial charge in [0.2, 0.25) is 0 Å². The van der Waals surface area contributed by atoms with Crippen LogP contribution >= 0.6 is 0 Å². The number of ether oxygens (including phenoxy) is 2. The third-order valence-electron chi connectivity index (χ3n) is 2.96. The predicted octanol–water partition coefficient (Wildman–Crippen LogP) is 1.38. The SMILES string of the molecule is CCOc1ccc(/C=C(\C#N)C(=O)O[C@@H](C)C(=O)NC(=O)NC)cc1. The van der Waals surface area contributed by atoms with Crippen LogP contribution in [-0.2, 0) is 14.3 Å². The van der Waals surface area contributed by atoms with E-state index in [4.69, 9.17) is 14.7 Å². The minimum atomic E-state index is -1.23. The molecular formula is C17H19N3O5. The first-order valence-electron chi connectivity index (χ1n) is 7.49. The minimum absolute atomic E-state index is 0.274. The quantitative estimate of drug-likeness (QED) is 0.457. The largest absolute Gasteiger partial charge is 0.494 e. The number of nitrogens with zero attached hydrogens (tertiary/aromatic N) is 1.